The zero-order valence-electron chi connectivity index (χ0n) is 9.38. The molecule has 1 radical (unpaired) electrons. The van der Waals surface area contributed by atoms with Crippen LogP contribution < -0.4 is 0 Å². The molecule has 17 heavy (non-hydrogen) atoms. The summed E-state index contributed by atoms with van der Waals surface area (Å²) in [6.45, 7) is 0.809. The molecule has 3 heteroatoms. The van der Waals surface area contributed by atoms with E-state index in [1.54, 1.807) is 0 Å². The van der Waals surface area contributed by atoms with Gasteiger partial charge >= 0.3 is 0 Å². The van der Waals surface area contributed by atoms with Crippen molar-refractivity contribution >= 4 is 10.9 Å². The molecular formula is C14H11N2Y-. The molecule has 0 aliphatic carbocycles. The van der Waals surface area contributed by atoms with Crippen molar-refractivity contribution < 1.29 is 32.7 Å². The molecule has 1 aromatic heterocycles. The molecule has 2 aromatic carbocycles. The fourth-order valence-corrected chi connectivity index (χ4v) is 1.80. The quantitative estimate of drug-likeness (QED) is 0.665. The maximum Gasteiger partial charge on any atom is 0.0551 e. The second-order valence-corrected chi connectivity index (χ2v) is 3.78. The van der Waals surface area contributed by atoms with Gasteiger partial charge in [0.2, 0.25) is 0 Å². The predicted molar refractivity (Wildman–Crippen MR) is 64.1 cm³/mol. The van der Waals surface area contributed by atoms with Gasteiger partial charge in [0.25, 0.3) is 0 Å². The second-order valence-electron chi connectivity index (χ2n) is 3.78. The van der Waals surface area contributed by atoms with Crippen LogP contribution in [0.2, 0.25) is 0 Å². The Morgan fingerprint density at radius 1 is 1.06 bits per heavy atom. The van der Waals surface area contributed by atoms with Crippen LogP contribution in [0.25, 0.3) is 10.9 Å². The molecule has 0 N–H and O–H groups in total. The molecule has 0 saturated carbocycles. The molecule has 1 heterocycles. The summed E-state index contributed by atoms with van der Waals surface area (Å²) in [6.07, 6.45) is 2.03. The third-order valence-electron chi connectivity index (χ3n) is 2.57. The van der Waals surface area contributed by atoms with Gasteiger partial charge in [-0.1, -0.05) is 30.3 Å². The van der Waals surface area contributed by atoms with Gasteiger partial charge in [-0.2, -0.15) is 0 Å². The van der Waals surface area contributed by atoms with Gasteiger partial charge in [0.05, 0.1) is 6.54 Å². The van der Waals surface area contributed by atoms with Gasteiger partial charge in [0.1, 0.15) is 0 Å². The Hall–Kier alpha value is -0.986. The minimum absolute atomic E-state index is 0. The van der Waals surface area contributed by atoms with Crippen molar-refractivity contribution in [3.05, 3.63) is 66.4 Å². The maximum absolute atomic E-state index is 4.49. The molecule has 0 amide bonds. The molecule has 3 aromatic rings. The number of hydrogen-bond donors (Lipinski definition) is 0. The zero-order chi connectivity index (χ0) is 10.8. The molecule has 2 nitrogen and oxygen atoms in total. The number of benzene rings is 2. The number of hydrogen-bond acceptors (Lipinski definition) is 1. The molecule has 0 saturated heterocycles. The van der Waals surface area contributed by atoms with E-state index in [4.69, 9.17) is 0 Å². The smallest absolute Gasteiger partial charge is 0.0551 e. The molecule has 0 spiro atoms. The first-order chi connectivity index (χ1) is 7.92. The van der Waals surface area contributed by atoms with E-state index in [0.717, 1.165) is 17.4 Å². The Kier molecular flexibility index (Phi) is 4.08. The summed E-state index contributed by atoms with van der Waals surface area (Å²) in [4.78, 5) is 0. The van der Waals surface area contributed by atoms with Crippen LogP contribution >= 0.6 is 0 Å². The van der Waals surface area contributed by atoms with Gasteiger partial charge in [0.15, 0.2) is 0 Å². The Morgan fingerprint density at radius 3 is 2.65 bits per heavy atom. The Bertz CT molecular complexity index is 569. The fourth-order valence-electron chi connectivity index (χ4n) is 1.80. The van der Waals surface area contributed by atoms with E-state index < -0.39 is 0 Å². The van der Waals surface area contributed by atoms with Crippen LogP contribution in [-0.2, 0) is 39.3 Å². The fraction of sp³-hybridized carbons (Fsp3) is 0.0714. The number of fused-ring (bicyclic) bond motifs is 1. The maximum atomic E-state index is 4.49. The topological polar surface area (TPSA) is 17.8 Å². The van der Waals surface area contributed by atoms with E-state index in [1.807, 2.05) is 47.3 Å². The van der Waals surface area contributed by atoms with Crippen molar-refractivity contribution in [1.82, 2.24) is 9.78 Å². The van der Waals surface area contributed by atoms with Crippen molar-refractivity contribution in [1.29, 1.82) is 0 Å². The van der Waals surface area contributed by atoms with Crippen LogP contribution in [0.3, 0.4) is 0 Å². The standard InChI is InChI=1S/C14H11N2.Y/c1-2-6-12(7-3-1)10-16-11-13-8-4-5-9-14(13)15-16;/h1-7,9,11H,10H2;/q-1;. The Labute approximate surface area is 126 Å². The largest absolute Gasteiger partial charge is 0.316 e. The van der Waals surface area contributed by atoms with Gasteiger partial charge in [-0.05, 0) is 17.3 Å². The third-order valence-corrected chi connectivity index (χ3v) is 2.57. The third kappa shape index (κ3) is 2.82. The molecule has 0 atom stereocenters. The van der Waals surface area contributed by atoms with Crippen LogP contribution in [0.15, 0.2) is 54.7 Å². The van der Waals surface area contributed by atoms with Crippen LogP contribution in [0.4, 0.5) is 0 Å². The normalized spacial score (nSPS) is 10.1. The van der Waals surface area contributed by atoms with Crippen LogP contribution in [0, 0.1) is 6.07 Å². The molecular weight excluding hydrogens is 285 g/mol. The summed E-state index contributed by atoms with van der Waals surface area (Å²) < 4.78 is 1.95. The van der Waals surface area contributed by atoms with Crippen molar-refractivity contribution in [2.45, 2.75) is 6.54 Å². The summed E-state index contributed by atoms with van der Waals surface area (Å²) >= 11 is 0. The average Bonchev–Trinajstić information content (AvgIpc) is 2.72. The van der Waals surface area contributed by atoms with Gasteiger partial charge in [0, 0.05) is 32.7 Å². The molecule has 0 bridgehead atoms. The van der Waals surface area contributed by atoms with Crippen molar-refractivity contribution in [3.8, 4) is 0 Å². The van der Waals surface area contributed by atoms with Gasteiger partial charge < -0.3 is 4.68 Å². The summed E-state index contributed by atoms with van der Waals surface area (Å²) in [5, 5.41) is 5.56. The van der Waals surface area contributed by atoms with E-state index in [-0.39, 0.29) is 32.7 Å². The molecule has 0 unspecified atom stereocenters. The van der Waals surface area contributed by atoms with E-state index >= 15 is 0 Å². The summed E-state index contributed by atoms with van der Waals surface area (Å²) in [7, 11) is 0. The zero-order valence-corrected chi connectivity index (χ0v) is 12.2. The monoisotopic (exact) mass is 296 g/mol. The first kappa shape index (κ1) is 12.5. The summed E-state index contributed by atoms with van der Waals surface area (Å²) in [5.41, 5.74) is 2.26. The van der Waals surface area contributed by atoms with Gasteiger partial charge in [-0.3, -0.25) is 0 Å². The second kappa shape index (κ2) is 5.57. The van der Waals surface area contributed by atoms with Crippen molar-refractivity contribution in [2.75, 3.05) is 0 Å². The van der Waals surface area contributed by atoms with Gasteiger partial charge in [-0.25, -0.2) is 5.10 Å². The molecule has 81 valence electrons. The first-order valence-electron chi connectivity index (χ1n) is 5.29. The summed E-state index contributed by atoms with van der Waals surface area (Å²) in [5.74, 6) is 0. The number of rotatable bonds is 2. The first-order valence-corrected chi connectivity index (χ1v) is 5.29. The molecule has 0 aliphatic rings. The minimum Gasteiger partial charge on any atom is -0.316 e. The van der Waals surface area contributed by atoms with Crippen molar-refractivity contribution in [3.63, 3.8) is 0 Å². The Balaban J connectivity index is 0.00000108. The number of aromatic nitrogens is 2. The summed E-state index contributed by atoms with van der Waals surface area (Å²) in [6, 6.07) is 19.4. The van der Waals surface area contributed by atoms with Crippen molar-refractivity contribution in [2.24, 2.45) is 0 Å². The predicted octanol–water partition coefficient (Wildman–Crippen LogP) is 2.88. The Morgan fingerprint density at radius 2 is 1.88 bits per heavy atom. The molecule has 3 rings (SSSR count). The van der Waals surface area contributed by atoms with Gasteiger partial charge in [-0.15, -0.1) is 29.7 Å². The van der Waals surface area contributed by atoms with Crippen LogP contribution in [0.5, 0.6) is 0 Å². The average molecular weight is 296 g/mol. The molecule has 0 fully saturated rings. The van der Waals surface area contributed by atoms with E-state index in [9.17, 15) is 0 Å². The van der Waals surface area contributed by atoms with Crippen LogP contribution in [-0.4, -0.2) is 9.78 Å². The van der Waals surface area contributed by atoms with Crippen LogP contribution in [0.1, 0.15) is 5.56 Å². The van der Waals surface area contributed by atoms with E-state index in [2.05, 4.69) is 23.3 Å². The number of nitrogens with zero attached hydrogens (tertiary/aromatic N) is 2. The minimum atomic E-state index is 0. The molecule has 0 aliphatic heterocycles. The SMILES string of the molecule is [Y].[c-]1cccc2nn(Cc3ccccc3)cc12. The van der Waals surface area contributed by atoms with E-state index in [0.29, 0.717) is 0 Å². The van der Waals surface area contributed by atoms with E-state index in [1.165, 1.54) is 5.56 Å².